The van der Waals surface area contributed by atoms with Crippen molar-refractivity contribution in [1.82, 2.24) is 9.80 Å². The van der Waals surface area contributed by atoms with E-state index in [0.717, 1.165) is 48.5 Å². The minimum absolute atomic E-state index is 0.121. The highest BCUT2D eigenvalue weighted by Crippen LogP contribution is 2.33. The van der Waals surface area contributed by atoms with Crippen LogP contribution in [-0.4, -0.2) is 87.6 Å². The quantitative estimate of drug-likeness (QED) is 0.307. The molecule has 3 aromatic rings. The lowest BCUT2D eigenvalue weighted by molar-refractivity contribution is -0.0177. The maximum absolute atomic E-state index is 14.4. The zero-order valence-electron chi connectivity index (χ0n) is 28.4. The first kappa shape index (κ1) is 36.4. The summed E-state index contributed by atoms with van der Waals surface area (Å²) >= 11 is 0. The van der Waals surface area contributed by atoms with Gasteiger partial charge in [0.05, 0.1) is 35.3 Å². The van der Waals surface area contributed by atoms with Crippen LogP contribution < -0.4 is 18.9 Å². The Balaban J connectivity index is 1.40. The number of rotatable bonds is 9. The third-order valence-electron chi connectivity index (χ3n) is 8.81. The largest absolute Gasteiger partial charge is 0.490 e. The van der Waals surface area contributed by atoms with Crippen LogP contribution in [0.1, 0.15) is 56.0 Å². The normalized spacial score (nSPS) is 21.1. The molecule has 49 heavy (non-hydrogen) atoms. The van der Waals surface area contributed by atoms with Crippen molar-refractivity contribution in [3.63, 3.8) is 0 Å². The van der Waals surface area contributed by atoms with E-state index < -0.39 is 27.8 Å². The number of carbonyl (C=O) groups excluding carboxylic acids is 1. The van der Waals surface area contributed by atoms with Crippen molar-refractivity contribution in [2.75, 3.05) is 44.9 Å². The number of ether oxygens (including phenoxy) is 4. The van der Waals surface area contributed by atoms with Crippen molar-refractivity contribution in [3.05, 3.63) is 77.6 Å². The summed E-state index contributed by atoms with van der Waals surface area (Å²) in [4.78, 5) is 18.0. The van der Waals surface area contributed by atoms with Crippen LogP contribution in [0.4, 0.5) is 10.1 Å². The van der Waals surface area contributed by atoms with Gasteiger partial charge in [-0.15, -0.1) is 0 Å². The Labute approximate surface area is 288 Å². The zero-order chi connectivity index (χ0) is 35.1. The molecule has 0 unspecified atom stereocenters. The average molecular weight is 700 g/mol. The number of amides is 1. The summed E-state index contributed by atoms with van der Waals surface area (Å²) in [6, 6.07) is 14.4. The number of aliphatic hydroxyl groups is 1. The highest BCUT2D eigenvalue weighted by molar-refractivity contribution is 7.92. The lowest BCUT2D eigenvalue weighted by Gasteiger charge is -2.36. The fourth-order valence-corrected chi connectivity index (χ4v) is 7.05. The summed E-state index contributed by atoms with van der Waals surface area (Å²) in [7, 11) is -2.06. The molecular formula is C36H46FN3O8S. The standard InChI is InChI=1S/C36H46FN3O8S/c1-24-19-40(25(2)22-41)36(42)31-18-29(38-49(43,44)30-12-9-28(37)10-13-30)11-15-32(31)48-26(3)7-5-6-16-45-35(24)21-39(4)20-27-8-14-33-34(17-27)47-23-46-33/h8-15,17-18,24-26,35,38,41H,5-7,16,19-23H2,1-4H3/t24-,25+,26-,35-/m0/s1. The molecule has 13 heteroatoms. The molecule has 0 aliphatic carbocycles. The molecular weight excluding hydrogens is 653 g/mol. The Morgan fingerprint density at radius 3 is 2.51 bits per heavy atom. The Morgan fingerprint density at radius 2 is 1.76 bits per heavy atom. The lowest BCUT2D eigenvalue weighted by Crippen LogP contribution is -2.47. The molecule has 2 aliphatic rings. The van der Waals surface area contributed by atoms with E-state index in [9.17, 15) is 22.7 Å². The molecule has 5 rings (SSSR count). The van der Waals surface area contributed by atoms with Crippen LogP contribution in [0.15, 0.2) is 65.6 Å². The predicted octanol–water partition coefficient (Wildman–Crippen LogP) is 5.28. The number of hydrogen-bond donors (Lipinski definition) is 2. The number of aliphatic hydroxyl groups excluding tert-OH is 1. The molecule has 0 aromatic heterocycles. The van der Waals surface area contributed by atoms with Gasteiger partial charge in [0.15, 0.2) is 11.5 Å². The van der Waals surface area contributed by atoms with Crippen LogP contribution in [0.3, 0.4) is 0 Å². The van der Waals surface area contributed by atoms with Crippen molar-refractivity contribution in [3.8, 4) is 17.2 Å². The van der Waals surface area contributed by atoms with Gasteiger partial charge in [-0.2, -0.15) is 0 Å². The number of hydrogen-bond acceptors (Lipinski definition) is 9. The van der Waals surface area contributed by atoms with Gasteiger partial charge in [-0.3, -0.25) is 14.4 Å². The Kier molecular flexibility index (Phi) is 12.0. The zero-order valence-corrected chi connectivity index (χ0v) is 29.2. The summed E-state index contributed by atoms with van der Waals surface area (Å²) in [5.74, 6) is 0.671. The molecule has 0 saturated carbocycles. The monoisotopic (exact) mass is 699 g/mol. The number of halogens is 1. The molecule has 266 valence electrons. The number of fused-ring (bicyclic) bond motifs is 2. The molecule has 2 N–H and O–H groups in total. The van der Waals surface area contributed by atoms with Gasteiger partial charge in [0.2, 0.25) is 6.79 Å². The van der Waals surface area contributed by atoms with Gasteiger partial charge in [0, 0.05) is 37.8 Å². The molecule has 2 aliphatic heterocycles. The van der Waals surface area contributed by atoms with Gasteiger partial charge in [-0.25, -0.2) is 12.8 Å². The Morgan fingerprint density at radius 1 is 1.02 bits per heavy atom. The highest BCUT2D eigenvalue weighted by atomic mass is 32.2. The third kappa shape index (κ3) is 9.41. The van der Waals surface area contributed by atoms with Crippen molar-refractivity contribution >= 4 is 21.6 Å². The Bertz CT molecular complexity index is 1690. The number of anilines is 1. The molecule has 0 fully saturated rings. The van der Waals surface area contributed by atoms with E-state index in [1.54, 1.807) is 17.9 Å². The predicted molar refractivity (Wildman–Crippen MR) is 183 cm³/mol. The van der Waals surface area contributed by atoms with Crippen molar-refractivity contribution < 1.29 is 41.7 Å². The van der Waals surface area contributed by atoms with E-state index in [1.165, 1.54) is 24.3 Å². The van der Waals surface area contributed by atoms with Gasteiger partial charge >= 0.3 is 0 Å². The molecule has 4 atom stereocenters. The fourth-order valence-electron chi connectivity index (χ4n) is 6.00. The van der Waals surface area contributed by atoms with Crippen molar-refractivity contribution in [2.45, 2.75) is 69.7 Å². The second-order valence-corrected chi connectivity index (χ2v) is 14.6. The SMILES string of the molecule is C[C@H](CO)N1C[C@H](C)[C@H](CN(C)Cc2ccc3c(c2)OCO3)OCCCC[C@H](C)Oc2ccc(NS(=O)(=O)c3ccc(F)cc3)cc2C1=O. The van der Waals surface area contributed by atoms with E-state index in [1.807, 2.05) is 39.1 Å². The van der Waals surface area contributed by atoms with Gasteiger partial charge < -0.3 is 29.0 Å². The Hall–Kier alpha value is -3.91. The van der Waals surface area contributed by atoms with Gasteiger partial charge in [0.1, 0.15) is 11.6 Å². The highest BCUT2D eigenvalue weighted by Gasteiger charge is 2.31. The maximum atomic E-state index is 14.4. The second-order valence-electron chi connectivity index (χ2n) is 13.0. The molecule has 2 heterocycles. The summed E-state index contributed by atoms with van der Waals surface area (Å²) in [5.41, 5.74) is 1.38. The van der Waals surface area contributed by atoms with Gasteiger partial charge in [-0.1, -0.05) is 13.0 Å². The van der Waals surface area contributed by atoms with Crippen molar-refractivity contribution in [2.24, 2.45) is 5.92 Å². The van der Waals surface area contributed by atoms with Crippen LogP contribution in [-0.2, 0) is 21.3 Å². The van der Waals surface area contributed by atoms with Crippen LogP contribution in [0.25, 0.3) is 0 Å². The third-order valence-corrected chi connectivity index (χ3v) is 10.2. The fraction of sp³-hybridized carbons (Fsp3) is 0.472. The average Bonchev–Trinajstić information content (AvgIpc) is 3.54. The number of nitrogens with zero attached hydrogens (tertiary/aromatic N) is 2. The summed E-state index contributed by atoms with van der Waals surface area (Å²) in [6.07, 6.45) is 1.93. The lowest BCUT2D eigenvalue weighted by atomic mass is 10.0. The second kappa shape index (κ2) is 16.2. The number of benzene rings is 3. The summed E-state index contributed by atoms with van der Waals surface area (Å²) in [5, 5.41) is 10.2. The molecule has 0 bridgehead atoms. The first-order chi connectivity index (χ1) is 23.4. The molecule has 1 amide bonds. The van der Waals surface area contributed by atoms with E-state index >= 15 is 0 Å². The number of carbonyl (C=O) groups is 1. The molecule has 3 aromatic carbocycles. The number of nitrogens with one attached hydrogen (secondary N) is 1. The van der Waals surface area contributed by atoms with E-state index in [2.05, 4.69) is 9.62 Å². The first-order valence-corrected chi connectivity index (χ1v) is 18.1. The first-order valence-electron chi connectivity index (χ1n) is 16.6. The van der Waals surface area contributed by atoms with Gasteiger partial charge in [0.25, 0.3) is 15.9 Å². The van der Waals surface area contributed by atoms with Crippen molar-refractivity contribution in [1.29, 1.82) is 0 Å². The molecule has 0 radical (unpaired) electrons. The summed E-state index contributed by atoms with van der Waals surface area (Å²) < 4.78 is 65.9. The van der Waals surface area contributed by atoms with Gasteiger partial charge in [-0.05, 0) is 100 Å². The minimum Gasteiger partial charge on any atom is -0.490 e. The summed E-state index contributed by atoms with van der Waals surface area (Å²) in [6.45, 7) is 7.72. The van der Waals surface area contributed by atoms with E-state index in [0.29, 0.717) is 25.4 Å². The van der Waals surface area contributed by atoms with E-state index in [-0.39, 0.29) is 54.2 Å². The molecule has 0 saturated heterocycles. The van der Waals surface area contributed by atoms with Crippen LogP contribution in [0.2, 0.25) is 0 Å². The number of sulfonamides is 1. The topological polar surface area (TPSA) is 127 Å². The molecule has 11 nitrogen and oxygen atoms in total. The number of likely N-dealkylation sites (N-methyl/N-ethyl adjacent to an activating group) is 1. The molecule has 0 spiro atoms. The van der Waals surface area contributed by atoms with Crippen LogP contribution in [0, 0.1) is 11.7 Å². The van der Waals surface area contributed by atoms with E-state index in [4.69, 9.17) is 18.9 Å². The minimum atomic E-state index is -4.08. The van der Waals surface area contributed by atoms with Crippen LogP contribution in [0.5, 0.6) is 17.2 Å². The van der Waals surface area contributed by atoms with Crippen LogP contribution >= 0.6 is 0 Å². The maximum Gasteiger partial charge on any atom is 0.261 e. The smallest absolute Gasteiger partial charge is 0.261 e.